The Labute approximate surface area is 153 Å². The Morgan fingerprint density at radius 1 is 1.23 bits per heavy atom. The lowest BCUT2D eigenvalue weighted by Gasteiger charge is -2.36. The average Bonchev–Trinajstić information content (AvgIpc) is 3.10. The van der Waals surface area contributed by atoms with Gasteiger partial charge in [-0.25, -0.2) is 0 Å². The lowest BCUT2D eigenvalue weighted by atomic mass is 9.88. The maximum absolute atomic E-state index is 13.0. The molecule has 1 atom stereocenters. The minimum atomic E-state index is 0.00350. The van der Waals surface area contributed by atoms with Crippen LogP contribution in [0.2, 0.25) is 0 Å². The quantitative estimate of drug-likeness (QED) is 0.847. The molecule has 6 heteroatoms. The molecule has 0 bridgehead atoms. The smallest absolute Gasteiger partial charge is 0.276 e. The molecule has 2 heterocycles. The summed E-state index contributed by atoms with van der Waals surface area (Å²) < 4.78 is 10.9. The second-order valence-electron chi connectivity index (χ2n) is 7.23. The van der Waals surface area contributed by atoms with E-state index in [1.807, 2.05) is 23.1 Å². The summed E-state index contributed by atoms with van der Waals surface area (Å²) >= 11 is 0. The molecule has 2 aromatic rings. The number of aryl methyl sites for hydroxylation is 1. The topological polar surface area (TPSA) is 58.8 Å². The molecule has 2 aliphatic rings. The van der Waals surface area contributed by atoms with Crippen molar-refractivity contribution in [3.63, 3.8) is 0 Å². The second kappa shape index (κ2) is 7.02. The zero-order valence-corrected chi connectivity index (χ0v) is 15.4. The highest BCUT2D eigenvalue weighted by atomic mass is 16.5. The number of para-hydroxylation sites is 2. The van der Waals surface area contributed by atoms with Crippen LogP contribution in [0.15, 0.2) is 28.8 Å². The molecule has 0 saturated carbocycles. The zero-order valence-electron chi connectivity index (χ0n) is 15.4. The molecule has 0 unspecified atom stereocenters. The largest absolute Gasteiger partial charge is 0.495 e. The molecular weight excluding hydrogens is 330 g/mol. The van der Waals surface area contributed by atoms with Crippen molar-refractivity contribution >= 4 is 11.6 Å². The Morgan fingerprint density at radius 2 is 2.00 bits per heavy atom. The average molecular weight is 355 g/mol. The highest BCUT2D eigenvalue weighted by Gasteiger charge is 2.31. The molecule has 1 fully saturated rings. The van der Waals surface area contributed by atoms with Crippen LogP contribution >= 0.6 is 0 Å². The molecule has 1 aliphatic heterocycles. The van der Waals surface area contributed by atoms with Gasteiger partial charge in [-0.1, -0.05) is 24.2 Å². The normalized spacial score (nSPS) is 20.0. The van der Waals surface area contributed by atoms with Gasteiger partial charge in [0.05, 0.1) is 12.8 Å². The maximum Gasteiger partial charge on any atom is 0.276 e. The number of benzene rings is 1. The summed E-state index contributed by atoms with van der Waals surface area (Å²) in [6.45, 7) is 5.13. The van der Waals surface area contributed by atoms with E-state index in [-0.39, 0.29) is 5.91 Å². The summed E-state index contributed by atoms with van der Waals surface area (Å²) in [7, 11) is 1.69. The Balaban J connectivity index is 1.45. The van der Waals surface area contributed by atoms with Crippen LogP contribution in [0.4, 0.5) is 5.69 Å². The van der Waals surface area contributed by atoms with Crippen LogP contribution < -0.4 is 9.64 Å². The van der Waals surface area contributed by atoms with Crippen molar-refractivity contribution in [3.8, 4) is 5.75 Å². The predicted octanol–water partition coefficient (Wildman–Crippen LogP) is 2.77. The molecule has 1 amide bonds. The Hall–Kier alpha value is -2.50. The van der Waals surface area contributed by atoms with Gasteiger partial charge in [0.25, 0.3) is 5.91 Å². The fourth-order valence-corrected chi connectivity index (χ4v) is 3.94. The number of methoxy groups -OCH3 is 1. The van der Waals surface area contributed by atoms with Crippen LogP contribution in [0.1, 0.15) is 35.2 Å². The number of hydrogen-bond donors (Lipinski definition) is 0. The number of nitrogens with zero attached hydrogens (tertiary/aromatic N) is 3. The number of piperazine rings is 1. The second-order valence-corrected chi connectivity index (χ2v) is 7.23. The fraction of sp³-hybridized carbons (Fsp3) is 0.500. The molecule has 0 radical (unpaired) electrons. The zero-order chi connectivity index (χ0) is 18.1. The van der Waals surface area contributed by atoms with Gasteiger partial charge in [-0.15, -0.1) is 0 Å². The van der Waals surface area contributed by atoms with E-state index in [4.69, 9.17) is 9.26 Å². The summed E-state index contributed by atoms with van der Waals surface area (Å²) in [4.78, 5) is 17.1. The third-order valence-corrected chi connectivity index (χ3v) is 5.48. The number of carbonyl (C=O) groups is 1. The summed E-state index contributed by atoms with van der Waals surface area (Å²) in [6, 6.07) is 8.01. The minimum Gasteiger partial charge on any atom is -0.495 e. The van der Waals surface area contributed by atoms with E-state index in [9.17, 15) is 4.79 Å². The number of amides is 1. The molecule has 26 heavy (non-hydrogen) atoms. The highest BCUT2D eigenvalue weighted by Crippen LogP contribution is 2.30. The van der Waals surface area contributed by atoms with Crippen LogP contribution in [0, 0.1) is 5.92 Å². The van der Waals surface area contributed by atoms with Crippen molar-refractivity contribution in [2.75, 3.05) is 38.2 Å². The predicted molar refractivity (Wildman–Crippen MR) is 98.8 cm³/mol. The molecule has 1 aliphatic carbocycles. The third kappa shape index (κ3) is 3.04. The van der Waals surface area contributed by atoms with E-state index in [2.05, 4.69) is 23.0 Å². The van der Waals surface area contributed by atoms with Crippen molar-refractivity contribution in [1.82, 2.24) is 10.1 Å². The van der Waals surface area contributed by atoms with E-state index >= 15 is 0 Å². The van der Waals surface area contributed by atoms with E-state index in [0.717, 1.165) is 55.1 Å². The van der Waals surface area contributed by atoms with E-state index in [0.29, 0.717) is 24.7 Å². The number of rotatable bonds is 3. The number of carbonyl (C=O) groups excluding carboxylic acids is 1. The first kappa shape index (κ1) is 16.9. The number of ether oxygens (including phenoxy) is 1. The van der Waals surface area contributed by atoms with Gasteiger partial charge in [-0.05, 0) is 30.9 Å². The molecule has 138 valence electrons. The number of aromatic nitrogens is 1. The highest BCUT2D eigenvalue weighted by molar-refractivity contribution is 5.94. The van der Waals surface area contributed by atoms with Gasteiger partial charge in [0, 0.05) is 38.2 Å². The van der Waals surface area contributed by atoms with Crippen molar-refractivity contribution in [1.29, 1.82) is 0 Å². The first-order valence-corrected chi connectivity index (χ1v) is 9.32. The monoisotopic (exact) mass is 355 g/mol. The molecular formula is C20H25N3O3. The first-order valence-electron chi connectivity index (χ1n) is 9.32. The third-order valence-electron chi connectivity index (χ3n) is 5.48. The van der Waals surface area contributed by atoms with Crippen LogP contribution in [0.25, 0.3) is 0 Å². The first-order chi connectivity index (χ1) is 12.7. The standard InChI is InChI=1S/C20H25N3O3/c1-14-7-8-17-15(13-14)19(21-26-17)20(24)23-11-9-22(10-12-23)16-5-3-4-6-18(16)25-2/h3-6,14H,7-13H2,1-2H3/t14-/m0/s1. The summed E-state index contributed by atoms with van der Waals surface area (Å²) in [5, 5.41) is 4.11. The van der Waals surface area contributed by atoms with Crippen molar-refractivity contribution < 1.29 is 14.1 Å². The van der Waals surface area contributed by atoms with Crippen molar-refractivity contribution in [2.45, 2.75) is 26.2 Å². The van der Waals surface area contributed by atoms with Gasteiger partial charge >= 0.3 is 0 Å². The molecule has 1 saturated heterocycles. The van der Waals surface area contributed by atoms with Crippen LogP contribution in [-0.4, -0.2) is 49.3 Å². The van der Waals surface area contributed by atoms with Gasteiger partial charge in [0.15, 0.2) is 5.69 Å². The Kier molecular flexibility index (Phi) is 4.57. The number of fused-ring (bicyclic) bond motifs is 1. The van der Waals surface area contributed by atoms with E-state index in [1.54, 1.807) is 7.11 Å². The summed E-state index contributed by atoms with van der Waals surface area (Å²) in [6.07, 6.45) is 2.88. The number of hydrogen-bond acceptors (Lipinski definition) is 5. The lowest BCUT2D eigenvalue weighted by Crippen LogP contribution is -2.49. The summed E-state index contributed by atoms with van der Waals surface area (Å²) in [5.41, 5.74) is 2.63. The van der Waals surface area contributed by atoms with Crippen LogP contribution in [0.5, 0.6) is 5.75 Å². The molecule has 0 N–H and O–H groups in total. The Morgan fingerprint density at radius 3 is 2.77 bits per heavy atom. The van der Waals surface area contributed by atoms with Gasteiger partial charge in [0.2, 0.25) is 0 Å². The molecule has 0 spiro atoms. The maximum atomic E-state index is 13.0. The van der Waals surface area contributed by atoms with Gasteiger partial charge in [-0.3, -0.25) is 4.79 Å². The summed E-state index contributed by atoms with van der Waals surface area (Å²) in [5.74, 6) is 2.35. The number of anilines is 1. The molecule has 6 nitrogen and oxygen atoms in total. The van der Waals surface area contributed by atoms with E-state index in [1.165, 1.54) is 0 Å². The van der Waals surface area contributed by atoms with Crippen molar-refractivity contribution in [3.05, 3.63) is 41.3 Å². The van der Waals surface area contributed by atoms with Gasteiger partial charge < -0.3 is 19.1 Å². The van der Waals surface area contributed by atoms with Crippen LogP contribution in [0.3, 0.4) is 0 Å². The van der Waals surface area contributed by atoms with Crippen LogP contribution in [-0.2, 0) is 12.8 Å². The lowest BCUT2D eigenvalue weighted by molar-refractivity contribution is 0.0735. The minimum absolute atomic E-state index is 0.00350. The SMILES string of the molecule is COc1ccccc1N1CCN(C(=O)c2noc3c2C[C@@H](C)CC3)CC1. The molecule has 1 aromatic carbocycles. The van der Waals surface area contributed by atoms with Gasteiger partial charge in [0.1, 0.15) is 11.5 Å². The van der Waals surface area contributed by atoms with Crippen molar-refractivity contribution in [2.24, 2.45) is 5.92 Å². The van der Waals surface area contributed by atoms with E-state index < -0.39 is 0 Å². The molecule has 4 rings (SSSR count). The Bertz CT molecular complexity index is 793. The van der Waals surface area contributed by atoms with Gasteiger partial charge in [-0.2, -0.15) is 0 Å². The fourth-order valence-electron chi connectivity index (χ4n) is 3.94. The molecule has 1 aromatic heterocycles.